The van der Waals surface area contributed by atoms with Crippen LogP contribution in [-0.4, -0.2) is 11.9 Å². The molecule has 0 saturated heterocycles. The number of nitrogens with two attached hydrogens (primary N) is 1. The lowest BCUT2D eigenvalue weighted by Gasteiger charge is -2.17. The minimum atomic E-state index is -1.40. The van der Waals surface area contributed by atoms with Crippen molar-refractivity contribution in [2.24, 2.45) is 17.6 Å². The molecule has 58 valence electrons. The molecule has 0 spiro atoms. The Morgan fingerprint density at radius 3 is 1.80 bits per heavy atom. The van der Waals surface area contributed by atoms with Crippen LogP contribution in [0.3, 0.4) is 0 Å². The molecule has 0 aliphatic carbocycles. The third-order valence-electron chi connectivity index (χ3n) is 1.23. The number of hydrogen-bond acceptors (Lipinski definition) is 3. The SMILES string of the molecule is CC(C)C(C(N)=O)C(=O)[O-]. The Bertz CT molecular complexity index is 139. The summed E-state index contributed by atoms with van der Waals surface area (Å²) in [5.41, 5.74) is 4.78. The van der Waals surface area contributed by atoms with Crippen LogP contribution in [-0.2, 0) is 9.59 Å². The summed E-state index contributed by atoms with van der Waals surface area (Å²) in [4.78, 5) is 20.6. The standard InChI is InChI=1S/C6H11NO3/c1-3(2)4(5(7)8)6(9)10/h3-4H,1-2H3,(H2,7,8)(H,9,10)/p-1. The van der Waals surface area contributed by atoms with Crippen molar-refractivity contribution in [2.45, 2.75) is 13.8 Å². The second kappa shape index (κ2) is 3.20. The predicted molar refractivity (Wildman–Crippen MR) is 32.5 cm³/mol. The number of hydrogen-bond donors (Lipinski definition) is 1. The lowest BCUT2D eigenvalue weighted by atomic mass is 9.96. The minimum Gasteiger partial charge on any atom is -0.549 e. The van der Waals surface area contributed by atoms with Crippen LogP contribution in [0.1, 0.15) is 13.8 Å². The topological polar surface area (TPSA) is 83.2 Å². The molecule has 2 N–H and O–H groups in total. The van der Waals surface area contributed by atoms with Gasteiger partial charge in [0.25, 0.3) is 0 Å². The third kappa shape index (κ3) is 2.05. The fourth-order valence-electron chi connectivity index (χ4n) is 0.717. The van der Waals surface area contributed by atoms with Gasteiger partial charge in [-0.05, 0) is 5.92 Å². The van der Waals surface area contributed by atoms with E-state index in [1.165, 1.54) is 0 Å². The average molecular weight is 144 g/mol. The molecule has 0 bridgehead atoms. The minimum absolute atomic E-state index is 0.303. The van der Waals surface area contributed by atoms with Crippen LogP contribution in [0.25, 0.3) is 0 Å². The average Bonchev–Trinajstić information content (AvgIpc) is 1.59. The largest absolute Gasteiger partial charge is 0.549 e. The fourth-order valence-corrected chi connectivity index (χ4v) is 0.717. The highest BCUT2D eigenvalue weighted by Gasteiger charge is 2.19. The molecule has 0 aromatic heterocycles. The van der Waals surface area contributed by atoms with Crippen LogP contribution in [0.4, 0.5) is 0 Å². The molecule has 0 saturated carbocycles. The molecule has 1 amide bonds. The number of primary amides is 1. The van der Waals surface area contributed by atoms with Gasteiger partial charge in [-0.3, -0.25) is 4.79 Å². The molecule has 0 radical (unpaired) electrons. The number of carboxylic acid groups (broad SMARTS) is 1. The molecule has 0 aromatic rings. The highest BCUT2D eigenvalue weighted by atomic mass is 16.4. The molecule has 1 unspecified atom stereocenters. The van der Waals surface area contributed by atoms with Crippen LogP contribution in [0.2, 0.25) is 0 Å². The summed E-state index contributed by atoms with van der Waals surface area (Å²) in [5.74, 6) is -3.71. The maximum absolute atomic E-state index is 10.4. The van der Waals surface area contributed by atoms with E-state index in [1.54, 1.807) is 13.8 Å². The summed E-state index contributed by atoms with van der Waals surface area (Å²) < 4.78 is 0. The van der Waals surface area contributed by atoms with E-state index >= 15 is 0 Å². The van der Waals surface area contributed by atoms with Gasteiger partial charge in [-0.2, -0.15) is 0 Å². The van der Waals surface area contributed by atoms with E-state index in [0.717, 1.165) is 0 Å². The van der Waals surface area contributed by atoms with Gasteiger partial charge in [0, 0.05) is 0 Å². The quantitative estimate of drug-likeness (QED) is 0.489. The van der Waals surface area contributed by atoms with Crippen LogP contribution < -0.4 is 10.8 Å². The molecular formula is C6H10NO3-. The molecule has 0 aromatic carbocycles. The summed E-state index contributed by atoms with van der Waals surface area (Å²) >= 11 is 0. The van der Waals surface area contributed by atoms with Crippen molar-refractivity contribution < 1.29 is 14.7 Å². The molecular weight excluding hydrogens is 134 g/mol. The number of carbonyl (C=O) groups excluding carboxylic acids is 2. The molecule has 0 fully saturated rings. The maximum Gasteiger partial charge on any atom is 0.226 e. The molecule has 0 aliphatic heterocycles. The number of aliphatic carboxylic acids is 1. The summed E-state index contributed by atoms with van der Waals surface area (Å²) in [5, 5.41) is 10.2. The van der Waals surface area contributed by atoms with E-state index in [-0.39, 0.29) is 5.92 Å². The first-order chi connectivity index (χ1) is 4.46. The lowest BCUT2D eigenvalue weighted by Crippen LogP contribution is -2.42. The Hall–Kier alpha value is -1.06. The van der Waals surface area contributed by atoms with Crippen LogP contribution in [0, 0.1) is 11.8 Å². The van der Waals surface area contributed by atoms with Crippen LogP contribution in [0.15, 0.2) is 0 Å². The van der Waals surface area contributed by atoms with E-state index in [1.807, 2.05) is 0 Å². The predicted octanol–water partition coefficient (Wildman–Crippen LogP) is -1.51. The van der Waals surface area contributed by atoms with Gasteiger partial charge in [-0.1, -0.05) is 13.8 Å². The Morgan fingerprint density at radius 2 is 1.80 bits per heavy atom. The van der Waals surface area contributed by atoms with Crippen molar-refractivity contribution >= 4 is 11.9 Å². The molecule has 1 atom stereocenters. The first-order valence-corrected chi connectivity index (χ1v) is 2.97. The second-order valence-electron chi connectivity index (χ2n) is 2.44. The van der Waals surface area contributed by atoms with Gasteiger partial charge in [-0.25, -0.2) is 0 Å². The lowest BCUT2D eigenvalue weighted by molar-refractivity contribution is -0.311. The van der Waals surface area contributed by atoms with Gasteiger partial charge in [0.2, 0.25) is 5.91 Å². The monoisotopic (exact) mass is 144 g/mol. The number of rotatable bonds is 3. The number of amides is 1. The summed E-state index contributed by atoms with van der Waals surface area (Å²) in [6.45, 7) is 3.20. The first-order valence-electron chi connectivity index (χ1n) is 2.97. The zero-order valence-electron chi connectivity index (χ0n) is 5.96. The van der Waals surface area contributed by atoms with Crippen molar-refractivity contribution in [1.82, 2.24) is 0 Å². The van der Waals surface area contributed by atoms with Gasteiger partial charge in [0.15, 0.2) is 0 Å². The number of carboxylic acids is 1. The van der Waals surface area contributed by atoms with E-state index in [0.29, 0.717) is 0 Å². The Kier molecular flexibility index (Phi) is 2.86. The van der Waals surface area contributed by atoms with Gasteiger partial charge in [0.1, 0.15) is 0 Å². The zero-order chi connectivity index (χ0) is 8.31. The van der Waals surface area contributed by atoms with E-state index in [2.05, 4.69) is 0 Å². The van der Waals surface area contributed by atoms with Crippen LogP contribution in [0.5, 0.6) is 0 Å². The van der Waals surface area contributed by atoms with Gasteiger partial charge >= 0.3 is 0 Å². The van der Waals surface area contributed by atoms with Gasteiger partial charge < -0.3 is 15.6 Å². The molecule has 4 nitrogen and oxygen atoms in total. The molecule has 0 heterocycles. The van der Waals surface area contributed by atoms with Gasteiger partial charge in [0.05, 0.1) is 11.9 Å². The third-order valence-corrected chi connectivity index (χ3v) is 1.23. The normalized spacial score (nSPS) is 13.1. The van der Waals surface area contributed by atoms with Crippen molar-refractivity contribution in [3.05, 3.63) is 0 Å². The highest BCUT2D eigenvalue weighted by molar-refractivity contribution is 5.95. The van der Waals surface area contributed by atoms with E-state index < -0.39 is 17.8 Å². The summed E-state index contributed by atoms with van der Waals surface area (Å²) in [6.07, 6.45) is 0. The van der Waals surface area contributed by atoms with E-state index in [9.17, 15) is 14.7 Å². The summed E-state index contributed by atoms with van der Waals surface area (Å²) in [6, 6.07) is 0. The Labute approximate surface area is 59.0 Å². The first kappa shape index (κ1) is 8.94. The van der Waals surface area contributed by atoms with Crippen LogP contribution >= 0.6 is 0 Å². The molecule has 0 aliphatic rings. The van der Waals surface area contributed by atoms with E-state index in [4.69, 9.17) is 5.73 Å². The van der Waals surface area contributed by atoms with Crippen molar-refractivity contribution in [3.63, 3.8) is 0 Å². The maximum atomic E-state index is 10.4. The zero-order valence-corrected chi connectivity index (χ0v) is 5.96. The van der Waals surface area contributed by atoms with Crippen molar-refractivity contribution in [3.8, 4) is 0 Å². The molecule has 0 rings (SSSR count). The highest BCUT2D eigenvalue weighted by Crippen LogP contribution is 2.07. The summed E-state index contributed by atoms with van der Waals surface area (Å²) in [7, 11) is 0. The van der Waals surface area contributed by atoms with Crippen molar-refractivity contribution in [2.75, 3.05) is 0 Å². The Morgan fingerprint density at radius 1 is 1.40 bits per heavy atom. The Balaban J connectivity index is 4.27. The molecule has 10 heavy (non-hydrogen) atoms. The second-order valence-corrected chi connectivity index (χ2v) is 2.44. The van der Waals surface area contributed by atoms with Gasteiger partial charge in [-0.15, -0.1) is 0 Å². The number of carbonyl (C=O) groups is 2. The van der Waals surface area contributed by atoms with Crippen molar-refractivity contribution in [1.29, 1.82) is 0 Å². The smallest absolute Gasteiger partial charge is 0.226 e. The fraction of sp³-hybridized carbons (Fsp3) is 0.667. The molecule has 4 heteroatoms.